The summed E-state index contributed by atoms with van der Waals surface area (Å²) in [6.45, 7) is 0. The van der Waals surface area contributed by atoms with Gasteiger partial charge in [-0.1, -0.05) is 30.3 Å². The predicted octanol–water partition coefficient (Wildman–Crippen LogP) is 2.80. The Morgan fingerprint density at radius 3 is 2.28 bits per heavy atom. The lowest BCUT2D eigenvalue weighted by Gasteiger charge is -2.11. The van der Waals surface area contributed by atoms with Crippen LogP contribution in [0.3, 0.4) is 0 Å². The Bertz CT molecular complexity index is 730. The third-order valence-corrected chi connectivity index (χ3v) is 3.61. The van der Waals surface area contributed by atoms with Crippen LogP contribution in [0.1, 0.15) is 17.5 Å². The number of nitrogens with zero attached hydrogens (tertiary/aromatic N) is 1. The van der Waals surface area contributed by atoms with Crippen molar-refractivity contribution in [1.29, 1.82) is 0 Å². The number of aryl methyl sites for hydroxylation is 1. The van der Waals surface area contributed by atoms with Gasteiger partial charge in [0.1, 0.15) is 5.75 Å². The Balaban J connectivity index is 1.97. The van der Waals surface area contributed by atoms with Crippen LogP contribution in [0.2, 0.25) is 0 Å². The first-order valence-corrected chi connectivity index (χ1v) is 7.83. The van der Waals surface area contributed by atoms with Crippen molar-refractivity contribution < 1.29 is 19.0 Å². The van der Waals surface area contributed by atoms with Crippen LogP contribution in [0, 0.1) is 0 Å². The van der Waals surface area contributed by atoms with Crippen LogP contribution in [0.5, 0.6) is 17.2 Å². The molecule has 0 fully saturated rings. The number of hydrazone groups is 1. The van der Waals surface area contributed by atoms with E-state index < -0.39 is 0 Å². The maximum atomic E-state index is 11.9. The molecule has 25 heavy (non-hydrogen) atoms. The molecule has 0 aliphatic carbocycles. The highest BCUT2D eigenvalue weighted by Gasteiger charge is 2.10. The van der Waals surface area contributed by atoms with Gasteiger partial charge in [0.2, 0.25) is 5.91 Å². The highest BCUT2D eigenvalue weighted by Crippen LogP contribution is 2.33. The molecule has 1 amide bonds. The Labute approximate surface area is 147 Å². The number of benzene rings is 2. The van der Waals surface area contributed by atoms with Crippen molar-refractivity contribution in [3.8, 4) is 17.2 Å². The van der Waals surface area contributed by atoms with E-state index in [9.17, 15) is 4.79 Å². The number of nitrogens with one attached hydrogen (secondary N) is 1. The van der Waals surface area contributed by atoms with Crippen molar-refractivity contribution in [3.05, 3.63) is 53.6 Å². The normalized spacial score (nSPS) is 10.5. The van der Waals surface area contributed by atoms with Crippen LogP contribution in [0.15, 0.2) is 47.6 Å². The molecule has 2 aromatic carbocycles. The maximum Gasteiger partial charge on any atom is 0.240 e. The molecule has 1 N–H and O–H groups in total. The highest BCUT2D eigenvalue weighted by atomic mass is 16.5. The smallest absolute Gasteiger partial charge is 0.240 e. The summed E-state index contributed by atoms with van der Waals surface area (Å²) in [7, 11) is 4.66. The van der Waals surface area contributed by atoms with Gasteiger partial charge in [-0.3, -0.25) is 4.79 Å². The molecule has 132 valence electrons. The number of carbonyl (C=O) groups is 1. The highest BCUT2D eigenvalue weighted by molar-refractivity contribution is 5.86. The Kier molecular flexibility index (Phi) is 6.83. The fourth-order valence-electron chi connectivity index (χ4n) is 2.29. The van der Waals surface area contributed by atoms with Crippen molar-refractivity contribution in [2.75, 3.05) is 21.3 Å². The monoisotopic (exact) mass is 342 g/mol. The average Bonchev–Trinajstić information content (AvgIpc) is 2.66. The van der Waals surface area contributed by atoms with Crippen LogP contribution in [0.4, 0.5) is 0 Å². The van der Waals surface area contributed by atoms with E-state index in [0.29, 0.717) is 35.7 Å². The molecule has 6 nitrogen and oxygen atoms in total. The van der Waals surface area contributed by atoms with E-state index in [1.54, 1.807) is 33.5 Å². The molecule has 6 heteroatoms. The van der Waals surface area contributed by atoms with Gasteiger partial charge in [-0.2, -0.15) is 5.10 Å². The van der Waals surface area contributed by atoms with Gasteiger partial charge in [-0.25, -0.2) is 5.43 Å². The van der Waals surface area contributed by atoms with Crippen molar-refractivity contribution in [1.82, 2.24) is 5.43 Å². The molecular weight excluding hydrogens is 320 g/mol. The van der Waals surface area contributed by atoms with Gasteiger partial charge in [0.05, 0.1) is 27.5 Å². The van der Waals surface area contributed by atoms with E-state index in [4.69, 9.17) is 14.2 Å². The number of methoxy groups -OCH3 is 3. The standard InChI is InChI=1S/C19H22N2O4/c1-23-16-12-18(25-3)17(24-2)11-15(16)13-20-21-19(22)10-9-14-7-5-4-6-8-14/h4-8,11-13H,9-10H2,1-3H3,(H,21,22). The molecule has 0 aliphatic rings. The minimum atomic E-state index is -0.153. The minimum Gasteiger partial charge on any atom is -0.496 e. The molecule has 0 spiro atoms. The van der Waals surface area contributed by atoms with E-state index in [-0.39, 0.29) is 5.91 Å². The van der Waals surface area contributed by atoms with E-state index >= 15 is 0 Å². The van der Waals surface area contributed by atoms with Crippen molar-refractivity contribution in [3.63, 3.8) is 0 Å². The lowest BCUT2D eigenvalue weighted by Crippen LogP contribution is -2.18. The zero-order chi connectivity index (χ0) is 18.1. The second-order valence-corrected chi connectivity index (χ2v) is 5.23. The molecule has 2 rings (SSSR count). The van der Waals surface area contributed by atoms with E-state index in [0.717, 1.165) is 5.56 Å². The molecule has 0 aromatic heterocycles. The second-order valence-electron chi connectivity index (χ2n) is 5.23. The summed E-state index contributed by atoms with van der Waals surface area (Å²) in [5.74, 6) is 1.53. The van der Waals surface area contributed by atoms with Gasteiger partial charge in [0.25, 0.3) is 0 Å². The average molecular weight is 342 g/mol. The van der Waals surface area contributed by atoms with Crippen LogP contribution in [0.25, 0.3) is 0 Å². The summed E-state index contributed by atoms with van der Waals surface area (Å²) < 4.78 is 15.8. The van der Waals surface area contributed by atoms with Gasteiger partial charge in [0, 0.05) is 18.1 Å². The zero-order valence-electron chi connectivity index (χ0n) is 14.6. The van der Waals surface area contributed by atoms with Crippen LogP contribution in [-0.4, -0.2) is 33.5 Å². The van der Waals surface area contributed by atoms with E-state index in [1.165, 1.54) is 6.21 Å². The molecule has 0 aliphatic heterocycles. The molecule has 0 radical (unpaired) electrons. The maximum absolute atomic E-state index is 11.9. The SMILES string of the molecule is COc1cc(OC)c(OC)cc1C=NNC(=O)CCc1ccccc1. The van der Waals surface area contributed by atoms with Gasteiger partial charge in [-0.05, 0) is 18.1 Å². The zero-order valence-corrected chi connectivity index (χ0v) is 14.6. The van der Waals surface area contributed by atoms with Gasteiger partial charge in [-0.15, -0.1) is 0 Å². The van der Waals surface area contributed by atoms with Gasteiger partial charge >= 0.3 is 0 Å². The first kappa shape index (κ1) is 18.3. The summed E-state index contributed by atoms with van der Waals surface area (Å²) in [5.41, 5.74) is 4.31. The fraction of sp³-hybridized carbons (Fsp3) is 0.263. The summed E-state index contributed by atoms with van der Waals surface area (Å²) >= 11 is 0. The number of amides is 1. The fourth-order valence-corrected chi connectivity index (χ4v) is 2.29. The molecular formula is C19H22N2O4. The third-order valence-electron chi connectivity index (χ3n) is 3.61. The number of hydrogen-bond acceptors (Lipinski definition) is 5. The lowest BCUT2D eigenvalue weighted by atomic mass is 10.1. The van der Waals surface area contributed by atoms with Gasteiger partial charge in [0.15, 0.2) is 11.5 Å². The van der Waals surface area contributed by atoms with E-state index in [2.05, 4.69) is 10.5 Å². The molecule has 0 saturated heterocycles. The van der Waals surface area contributed by atoms with Gasteiger partial charge < -0.3 is 14.2 Å². The van der Waals surface area contributed by atoms with Crippen molar-refractivity contribution >= 4 is 12.1 Å². The number of rotatable bonds is 8. The molecule has 2 aromatic rings. The summed E-state index contributed by atoms with van der Waals surface area (Å²) in [5, 5.41) is 3.99. The van der Waals surface area contributed by atoms with Crippen LogP contribution in [-0.2, 0) is 11.2 Å². The lowest BCUT2D eigenvalue weighted by molar-refractivity contribution is -0.121. The van der Waals surface area contributed by atoms with Crippen LogP contribution < -0.4 is 19.6 Å². The van der Waals surface area contributed by atoms with E-state index in [1.807, 2.05) is 30.3 Å². The molecule has 0 heterocycles. The molecule has 0 bridgehead atoms. The predicted molar refractivity (Wildman–Crippen MR) is 96.6 cm³/mol. The third kappa shape index (κ3) is 5.24. The topological polar surface area (TPSA) is 69.2 Å². The molecule has 0 atom stereocenters. The number of hydrogen-bond donors (Lipinski definition) is 1. The number of carbonyl (C=O) groups excluding carboxylic acids is 1. The molecule has 0 unspecified atom stereocenters. The van der Waals surface area contributed by atoms with Crippen LogP contribution >= 0.6 is 0 Å². The van der Waals surface area contributed by atoms with Crippen molar-refractivity contribution in [2.24, 2.45) is 5.10 Å². The first-order chi connectivity index (χ1) is 12.2. The summed E-state index contributed by atoms with van der Waals surface area (Å²) in [6.07, 6.45) is 2.55. The van der Waals surface area contributed by atoms with Crippen molar-refractivity contribution in [2.45, 2.75) is 12.8 Å². The Morgan fingerprint density at radius 2 is 1.64 bits per heavy atom. The molecule has 0 saturated carbocycles. The quantitative estimate of drug-likeness (QED) is 0.592. The Morgan fingerprint density at radius 1 is 1.00 bits per heavy atom. The minimum absolute atomic E-state index is 0.153. The second kappa shape index (κ2) is 9.32. The largest absolute Gasteiger partial charge is 0.496 e. The first-order valence-electron chi connectivity index (χ1n) is 7.83. The summed E-state index contributed by atoms with van der Waals surface area (Å²) in [6, 6.07) is 13.3. The number of ether oxygens (including phenoxy) is 3. The summed E-state index contributed by atoms with van der Waals surface area (Å²) in [4.78, 5) is 11.9. The Hall–Kier alpha value is -3.02.